The Morgan fingerprint density at radius 2 is 1.70 bits per heavy atom. The maximum Gasteiger partial charge on any atom is 0.240 e. The van der Waals surface area contributed by atoms with Gasteiger partial charge in [-0.1, -0.05) is 49.9 Å². The Morgan fingerprint density at radius 1 is 1.07 bits per heavy atom. The monoisotopic (exact) mass is 415 g/mol. The molecule has 6 heteroatoms. The lowest BCUT2D eigenvalue weighted by molar-refractivity contribution is -0.127. The van der Waals surface area contributed by atoms with Gasteiger partial charge in [0, 0.05) is 19.1 Å². The number of piperidine rings is 1. The summed E-state index contributed by atoms with van der Waals surface area (Å²) < 4.78 is 0. The van der Waals surface area contributed by atoms with Gasteiger partial charge in [-0.3, -0.25) is 9.69 Å². The van der Waals surface area contributed by atoms with Gasteiger partial charge in [-0.15, -0.1) is 24.8 Å². The predicted octanol–water partition coefficient (Wildman–Crippen LogP) is 4.18. The van der Waals surface area contributed by atoms with Crippen LogP contribution in [0.15, 0.2) is 24.3 Å². The maximum absolute atomic E-state index is 12.4. The molecule has 1 aliphatic heterocycles. The summed E-state index contributed by atoms with van der Waals surface area (Å²) in [6.45, 7) is 5.13. The first-order valence-corrected chi connectivity index (χ1v) is 9.96. The SMILES string of the molecule is CC1CCCCN1Cc1ccc(CNC(=O)C2(N)CCCCC2)cc1.Cl.Cl. The summed E-state index contributed by atoms with van der Waals surface area (Å²) in [5.74, 6) is 0.0124. The first-order chi connectivity index (χ1) is 12.1. The molecule has 1 atom stereocenters. The summed E-state index contributed by atoms with van der Waals surface area (Å²) in [5, 5.41) is 3.04. The Hall–Kier alpha value is -0.810. The number of nitrogens with zero attached hydrogens (tertiary/aromatic N) is 1. The summed E-state index contributed by atoms with van der Waals surface area (Å²) in [4.78, 5) is 15.0. The van der Waals surface area contributed by atoms with E-state index in [2.05, 4.69) is 41.4 Å². The van der Waals surface area contributed by atoms with Gasteiger partial charge in [0.05, 0.1) is 5.54 Å². The molecule has 0 aromatic heterocycles. The highest BCUT2D eigenvalue weighted by atomic mass is 35.5. The topological polar surface area (TPSA) is 58.4 Å². The van der Waals surface area contributed by atoms with E-state index in [0.717, 1.165) is 37.8 Å². The Balaban J connectivity index is 0.00000182. The van der Waals surface area contributed by atoms with Crippen molar-refractivity contribution in [1.29, 1.82) is 0 Å². The molecular formula is C21H35Cl2N3O. The van der Waals surface area contributed by atoms with Gasteiger partial charge in [0.2, 0.25) is 5.91 Å². The number of nitrogens with one attached hydrogen (secondary N) is 1. The van der Waals surface area contributed by atoms with Crippen molar-refractivity contribution in [3.05, 3.63) is 35.4 Å². The predicted molar refractivity (Wildman–Crippen MR) is 117 cm³/mol. The van der Waals surface area contributed by atoms with Gasteiger partial charge in [0.1, 0.15) is 0 Å². The van der Waals surface area contributed by atoms with E-state index in [1.165, 1.54) is 37.8 Å². The van der Waals surface area contributed by atoms with Gasteiger partial charge >= 0.3 is 0 Å². The number of benzene rings is 1. The van der Waals surface area contributed by atoms with Crippen molar-refractivity contribution in [2.45, 2.75) is 83.0 Å². The molecule has 1 aliphatic carbocycles. The third kappa shape index (κ3) is 6.63. The Labute approximate surface area is 176 Å². The number of halogens is 2. The first-order valence-electron chi connectivity index (χ1n) is 9.96. The van der Waals surface area contributed by atoms with E-state index in [9.17, 15) is 4.79 Å². The lowest BCUT2D eigenvalue weighted by Gasteiger charge is -2.33. The van der Waals surface area contributed by atoms with Crippen LogP contribution >= 0.6 is 24.8 Å². The van der Waals surface area contributed by atoms with Crippen LogP contribution in [-0.2, 0) is 17.9 Å². The molecule has 2 aliphatic rings. The van der Waals surface area contributed by atoms with Gasteiger partial charge in [-0.25, -0.2) is 0 Å². The van der Waals surface area contributed by atoms with Gasteiger partial charge < -0.3 is 11.1 Å². The molecule has 1 aromatic rings. The van der Waals surface area contributed by atoms with E-state index >= 15 is 0 Å². The fourth-order valence-corrected chi connectivity index (χ4v) is 4.16. The van der Waals surface area contributed by atoms with E-state index in [4.69, 9.17) is 5.73 Å². The molecule has 4 nitrogen and oxygen atoms in total. The lowest BCUT2D eigenvalue weighted by atomic mass is 9.82. The maximum atomic E-state index is 12.4. The molecule has 1 saturated heterocycles. The Bertz CT molecular complexity index is 573. The van der Waals surface area contributed by atoms with Crippen LogP contribution in [0, 0.1) is 0 Å². The molecule has 3 N–H and O–H groups in total. The van der Waals surface area contributed by atoms with Crippen molar-refractivity contribution in [2.75, 3.05) is 6.54 Å². The number of likely N-dealkylation sites (tertiary alicyclic amines) is 1. The zero-order valence-corrected chi connectivity index (χ0v) is 18.0. The molecule has 2 fully saturated rings. The van der Waals surface area contributed by atoms with Crippen LogP contribution in [0.25, 0.3) is 0 Å². The molecule has 0 radical (unpaired) electrons. The minimum atomic E-state index is -0.650. The van der Waals surface area contributed by atoms with Crippen molar-refractivity contribution in [1.82, 2.24) is 10.2 Å². The van der Waals surface area contributed by atoms with Crippen LogP contribution in [0.2, 0.25) is 0 Å². The molecule has 154 valence electrons. The van der Waals surface area contributed by atoms with Crippen LogP contribution < -0.4 is 11.1 Å². The number of amides is 1. The molecule has 1 amide bonds. The molecule has 1 heterocycles. The summed E-state index contributed by atoms with van der Waals surface area (Å²) in [6, 6.07) is 9.34. The fourth-order valence-electron chi connectivity index (χ4n) is 4.16. The molecule has 0 spiro atoms. The second kappa shape index (κ2) is 11.3. The largest absolute Gasteiger partial charge is 0.350 e. The molecule has 1 aromatic carbocycles. The third-order valence-electron chi connectivity index (χ3n) is 6.00. The van der Waals surface area contributed by atoms with Crippen LogP contribution in [0.3, 0.4) is 0 Å². The number of carbonyl (C=O) groups excluding carboxylic acids is 1. The van der Waals surface area contributed by atoms with E-state index in [0.29, 0.717) is 12.6 Å². The summed E-state index contributed by atoms with van der Waals surface area (Å²) >= 11 is 0. The Morgan fingerprint density at radius 3 is 2.33 bits per heavy atom. The molecule has 3 rings (SSSR count). The first kappa shape index (κ1) is 24.2. The second-order valence-electron chi connectivity index (χ2n) is 8.03. The van der Waals surface area contributed by atoms with Crippen molar-refractivity contribution in [2.24, 2.45) is 5.73 Å². The Kier molecular flexibility index (Phi) is 10.1. The third-order valence-corrected chi connectivity index (χ3v) is 6.00. The van der Waals surface area contributed by atoms with Crippen molar-refractivity contribution >= 4 is 30.7 Å². The lowest BCUT2D eigenvalue weighted by Crippen LogP contribution is -2.54. The second-order valence-corrected chi connectivity index (χ2v) is 8.03. The van der Waals surface area contributed by atoms with Gasteiger partial charge in [0.25, 0.3) is 0 Å². The summed E-state index contributed by atoms with van der Waals surface area (Å²) in [7, 11) is 0. The fraction of sp³-hybridized carbons (Fsp3) is 0.667. The van der Waals surface area contributed by atoms with Gasteiger partial charge in [0.15, 0.2) is 0 Å². The number of hydrogen-bond acceptors (Lipinski definition) is 3. The van der Waals surface area contributed by atoms with Crippen LogP contribution in [-0.4, -0.2) is 28.9 Å². The smallest absolute Gasteiger partial charge is 0.240 e. The number of rotatable bonds is 5. The molecule has 1 saturated carbocycles. The number of carbonyl (C=O) groups is 1. The van der Waals surface area contributed by atoms with E-state index in [-0.39, 0.29) is 30.7 Å². The standard InChI is InChI=1S/C21H33N3O.2ClH/c1-17-7-3-6-14-24(17)16-19-10-8-18(9-11-19)15-23-20(25)21(22)12-4-2-5-13-21;;/h8-11,17H,2-7,12-16,22H2,1H3,(H,23,25);2*1H. The van der Waals surface area contributed by atoms with Gasteiger partial charge in [-0.05, 0) is 50.3 Å². The zero-order valence-electron chi connectivity index (χ0n) is 16.4. The minimum Gasteiger partial charge on any atom is -0.350 e. The number of nitrogens with two attached hydrogens (primary N) is 1. The normalized spacial score (nSPS) is 22.2. The highest BCUT2D eigenvalue weighted by Gasteiger charge is 2.34. The average molecular weight is 416 g/mol. The van der Waals surface area contributed by atoms with Gasteiger partial charge in [-0.2, -0.15) is 0 Å². The minimum absolute atomic E-state index is 0. The zero-order chi connectivity index (χ0) is 17.7. The molecule has 0 bridgehead atoms. The van der Waals surface area contributed by atoms with E-state index < -0.39 is 5.54 Å². The van der Waals surface area contributed by atoms with Crippen molar-refractivity contribution in [3.8, 4) is 0 Å². The quantitative estimate of drug-likeness (QED) is 0.757. The molecule has 27 heavy (non-hydrogen) atoms. The molecule has 1 unspecified atom stereocenters. The van der Waals surface area contributed by atoms with Crippen LogP contribution in [0.1, 0.15) is 69.4 Å². The van der Waals surface area contributed by atoms with E-state index in [1.807, 2.05) is 0 Å². The highest BCUT2D eigenvalue weighted by Crippen LogP contribution is 2.26. The average Bonchev–Trinajstić information content (AvgIpc) is 2.63. The van der Waals surface area contributed by atoms with Crippen molar-refractivity contribution in [3.63, 3.8) is 0 Å². The molecular weight excluding hydrogens is 381 g/mol. The van der Waals surface area contributed by atoms with E-state index in [1.54, 1.807) is 0 Å². The van der Waals surface area contributed by atoms with Crippen molar-refractivity contribution < 1.29 is 4.79 Å². The summed E-state index contributed by atoms with van der Waals surface area (Å²) in [6.07, 6.45) is 8.93. The number of hydrogen-bond donors (Lipinski definition) is 2. The highest BCUT2D eigenvalue weighted by molar-refractivity contribution is 5.86. The van der Waals surface area contributed by atoms with Crippen LogP contribution in [0.4, 0.5) is 0 Å². The summed E-state index contributed by atoms with van der Waals surface area (Å²) in [5.41, 5.74) is 8.14. The van der Waals surface area contributed by atoms with Crippen LogP contribution in [0.5, 0.6) is 0 Å².